The molecule has 1 aliphatic rings. The molecule has 1 aromatic carbocycles. The van der Waals surface area contributed by atoms with Crippen molar-refractivity contribution in [1.82, 2.24) is 9.88 Å². The predicted octanol–water partition coefficient (Wildman–Crippen LogP) is 3.75. The Kier molecular flexibility index (Phi) is 5.36. The molecule has 0 amide bonds. The summed E-state index contributed by atoms with van der Waals surface area (Å²) in [5.41, 5.74) is 1.28. The van der Waals surface area contributed by atoms with Crippen LogP contribution in [-0.4, -0.2) is 42.2 Å². The van der Waals surface area contributed by atoms with Gasteiger partial charge in [-0.2, -0.15) is 0 Å². The van der Waals surface area contributed by atoms with Gasteiger partial charge in [0.1, 0.15) is 6.10 Å². The van der Waals surface area contributed by atoms with Crippen LogP contribution < -0.4 is 9.64 Å². The molecule has 128 valence electrons. The maximum Gasteiger partial charge on any atom is 0.172 e. The Balaban J connectivity index is 1.93. The molecule has 0 N–H and O–H groups in total. The summed E-state index contributed by atoms with van der Waals surface area (Å²) in [5, 5.41) is 0. The van der Waals surface area contributed by atoms with Gasteiger partial charge in [0, 0.05) is 19.3 Å². The third-order valence-electron chi connectivity index (χ3n) is 4.81. The number of pyridine rings is 1. The van der Waals surface area contributed by atoms with Crippen LogP contribution in [0.25, 0.3) is 0 Å². The fourth-order valence-corrected chi connectivity index (χ4v) is 3.47. The highest BCUT2D eigenvalue weighted by Crippen LogP contribution is 2.40. The van der Waals surface area contributed by atoms with Gasteiger partial charge in [-0.05, 0) is 37.7 Å². The minimum atomic E-state index is 0.0841. The predicted molar refractivity (Wildman–Crippen MR) is 98.6 cm³/mol. The summed E-state index contributed by atoms with van der Waals surface area (Å²) < 4.78 is 6.17. The van der Waals surface area contributed by atoms with E-state index in [2.05, 4.69) is 65.9 Å². The second-order valence-corrected chi connectivity index (χ2v) is 6.22. The molecule has 1 aromatic heterocycles. The third kappa shape index (κ3) is 3.39. The number of ether oxygens (including phenoxy) is 1. The first-order valence-electron chi connectivity index (χ1n) is 8.90. The van der Waals surface area contributed by atoms with Gasteiger partial charge in [0.15, 0.2) is 11.6 Å². The number of fused-ring (bicyclic) bond motifs is 1. The van der Waals surface area contributed by atoms with Crippen molar-refractivity contribution < 1.29 is 4.74 Å². The van der Waals surface area contributed by atoms with Gasteiger partial charge in [-0.25, -0.2) is 4.98 Å². The summed E-state index contributed by atoms with van der Waals surface area (Å²) in [6, 6.07) is 14.8. The molecule has 4 heteroatoms. The first kappa shape index (κ1) is 16.8. The van der Waals surface area contributed by atoms with Gasteiger partial charge in [0.05, 0.1) is 6.04 Å². The molecular formula is C20H27N3O. The summed E-state index contributed by atoms with van der Waals surface area (Å²) in [5.74, 6) is 1.84. The van der Waals surface area contributed by atoms with Crippen LogP contribution in [0.3, 0.4) is 0 Å². The Morgan fingerprint density at radius 1 is 1.08 bits per heavy atom. The molecule has 0 radical (unpaired) electrons. The van der Waals surface area contributed by atoms with Gasteiger partial charge in [-0.3, -0.25) is 0 Å². The first-order chi connectivity index (χ1) is 11.7. The van der Waals surface area contributed by atoms with Gasteiger partial charge in [0.2, 0.25) is 0 Å². The number of hydrogen-bond acceptors (Lipinski definition) is 4. The van der Waals surface area contributed by atoms with E-state index in [0.29, 0.717) is 0 Å². The molecule has 4 nitrogen and oxygen atoms in total. The van der Waals surface area contributed by atoms with Crippen molar-refractivity contribution in [2.24, 2.45) is 0 Å². The molecule has 24 heavy (non-hydrogen) atoms. The molecule has 3 rings (SSSR count). The number of hydrogen-bond donors (Lipinski definition) is 0. The fourth-order valence-electron chi connectivity index (χ4n) is 3.47. The maximum absolute atomic E-state index is 6.17. The van der Waals surface area contributed by atoms with Crippen LogP contribution in [0, 0.1) is 0 Å². The van der Waals surface area contributed by atoms with E-state index in [4.69, 9.17) is 4.74 Å². The Morgan fingerprint density at radius 2 is 1.83 bits per heavy atom. The lowest BCUT2D eigenvalue weighted by atomic mass is 9.98. The lowest BCUT2D eigenvalue weighted by molar-refractivity contribution is 0.164. The van der Waals surface area contributed by atoms with Gasteiger partial charge in [-0.1, -0.05) is 44.2 Å². The first-order valence-corrected chi connectivity index (χ1v) is 8.90. The average Bonchev–Trinajstić information content (AvgIpc) is 2.63. The van der Waals surface area contributed by atoms with Crippen molar-refractivity contribution in [2.75, 3.05) is 31.1 Å². The van der Waals surface area contributed by atoms with E-state index in [1.54, 1.807) is 0 Å². The Hall–Kier alpha value is -2.07. The summed E-state index contributed by atoms with van der Waals surface area (Å²) >= 11 is 0. The molecule has 0 saturated heterocycles. The molecular weight excluding hydrogens is 298 g/mol. The largest absolute Gasteiger partial charge is 0.484 e. The topological polar surface area (TPSA) is 28.6 Å². The number of likely N-dealkylation sites (N-methyl/N-ethyl adjacent to an activating group) is 1. The van der Waals surface area contributed by atoms with E-state index >= 15 is 0 Å². The normalized spacial score (nSPS) is 19.9. The highest BCUT2D eigenvalue weighted by atomic mass is 16.5. The van der Waals surface area contributed by atoms with Crippen LogP contribution in [0.15, 0.2) is 48.7 Å². The molecule has 0 saturated carbocycles. The molecule has 2 aromatic rings. The zero-order valence-electron chi connectivity index (χ0n) is 14.9. The van der Waals surface area contributed by atoms with Crippen molar-refractivity contribution in [2.45, 2.75) is 32.9 Å². The molecule has 0 bridgehead atoms. The second kappa shape index (κ2) is 7.67. The van der Waals surface area contributed by atoms with Crippen molar-refractivity contribution >= 4 is 5.82 Å². The Morgan fingerprint density at radius 3 is 2.54 bits per heavy atom. The van der Waals surface area contributed by atoms with Crippen molar-refractivity contribution in [3.8, 4) is 5.75 Å². The Bertz CT molecular complexity index is 642. The number of nitrogens with zero attached hydrogens (tertiary/aromatic N) is 3. The second-order valence-electron chi connectivity index (χ2n) is 6.22. The van der Waals surface area contributed by atoms with E-state index in [1.807, 2.05) is 18.3 Å². The van der Waals surface area contributed by atoms with E-state index in [9.17, 15) is 0 Å². The summed E-state index contributed by atoms with van der Waals surface area (Å²) in [6.45, 7) is 10.7. The molecule has 1 aliphatic heterocycles. The van der Waals surface area contributed by atoms with E-state index in [0.717, 1.165) is 37.7 Å². The third-order valence-corrected chi connectivity index (χ3v) is 4.81. The van der Waals surface area contributed by atoms with Crippen LogP contribution in [0.1, 0.15) is 32.4 Å². The van der Waals surface area contributed by atoms with Crippen LogP contribution in [0.2, 0.25) is 0 Å². The summed E-state index contributed by atoms with van der Waals surface area (Å²) in [6.07, 6.45) is 1.94. The average molecular weight is 325 g/mol. The van der Waals surface area contributed by atoms with E-state index < -0.39 is 0 Å². The molecule has 0 spiro atoms. The lowest BCUT2D eigenvalue weighted by Gasteiger charge is -2.42. The smallest absolute Gasteiger partial charge is 0.172 e. The van der Waals surface area contributed by atoms with E-state index in [1.165, 1.54) is 5.56 Å². The number of aromatic nitrogens is 1. The fraction of sp³-hybridized carbons (Fsp3) is 0.450. The highest BCUT2D eigenvalue weighted by molar-refractivity contribution is 5.56. The van der Waals surface area contributed by atoms with Gasteiger partial charge in [0.25, 0.3) is 0 Å². The lowest BCUT2D eigenvalue weighted by Crippen LogP contribution is -2.45. The van der Waals surface area contributed by atoms with Crippen molar-refractivity contribution in [3.63, 3.8) is 0 Å². The van der Waals surface area contributed by atoms with Crippen LogP contribution in [-0.2, 0) is 0 Å². The van der Waals surface area contributed by atoms with Crippen LogP contribution in [0.5, 0.6) is 5.75 Å². The van der Waals surface area contributed by atoms with Gasteiger partial charge >= 0.3 is 0 Å². The van der Waals surface area contributed by atoms with Gasteiger partial charge in [-0.15, -0.1) is 0 Å². The number of rotatable bonds is 6. The zero-order chi connectivity index (χ0) is 16.9. The minimum absolute atomic E-state index is 0.0841. The SMILES string of the molecule is CCN(CC)CCN1c2ncccc2OC(C)C1c1ccccc1. The highest BCUT2D eigenvalue weighted by Gasteiger charge is 2.35. The molecule has 2 atom stereocenters. The molecule has 0 aliphatic carbocycles. The number of anilines is 1. The van der Waals surface area contributed by atoms with Crippen LogP contribution >= 0.6 is 0 Å². The summed E-state index contributed by atoms with van der Waals surface area (Å²) in [7, 11) is 0. The van der Waals surface area contributed by atoms with Crippen molar-refractivity contribution in [1.29, 1.82) is 0 Å². The standard InChI is InChI=1S/C20H27N3O/c1-4-22(5-2)14-15-23-19(17-10-7-6-8-11-17)16(3)24-18-12-9-13-21-20(18)23/h6-13,16,19H,4-5,14-15H2,1-3H3. The minimum Gasteiger partial charge on any atom is -0.484 e. The van der Waals surface area contributed by atoms with Crippen LogP contribution in [0.4, 0.5) is 5.82 Å². The molecule has 2 heterocycles. The maximum atomic E-state index is 6.17. The quantitative estimate of drug-likeness (QED) is 0.809. The Labute approximate surface area is 145 Å². The van der Waals surface area contributed by atoms with Gasteiger partial charge < -0.3 is 14.5 Å². The number of benzene rings is 1. The summed E-state index contributed by atoms with van der Waals surface area (Å²) in [4.78, 5) is 9.49. The molecule has 0 fully saturated rings. The van der Waals surface area contributed by atoms with Crippen molar-refractivity contribution in [3.05, 3.63) is 54.2 Å². The molecule has 2 unspecified atom stereocenters. The monoisotopic (exact) mass is 325 g/mol. The zero-order valence-corrected chi connectivity index (χ0v) is 14.9. The van der Waals surface area contributed by atoms with E-state index in [-0.39, 0.29) is 12.1 Å².